The molecule has 1 aliphatic heterocycles. The molecule has 0 bridgehead atoms. The number of carbonyl (C=O) groups is 2. The molecule has 0 radical (unpaired) electrons. The lowest BCUT2D eigenvalue weighted by Crippen LogP contribution is -2.37. The molecule has 2 aliphatic rings. The van der Waals surface area contributed by atoms with Crippen LogP contribution in [0.1, 0.15) is 63.7 Å². The Morgan fingerprint density at radius 1 is 1.25 bits per heavy atom. The van der Waals surface area contributed by atoms with Crippen LogP contribution in [0.5, 0.6) is 0 Å². The van der Waals surface area contributed by atoms with Gasteiger partial charge in [0.05, 0.1) is 11.5 Å². The summed E-state index contributed by atoms with van der Waals surface area (Å²) >= 11 is 0. The Balaban J connectivity index is 1.86. The summed E-state index contributed by atoms with van der Waals surface area (Å²) in [5, 5.41) is 0. The summed E-state index contributed by atoms with van der Waals surface area (Å²) in [6.07, 6.45) is 9.95. The van der Waals surface area contributed by atoms with Crippen LogP contribution in [0.15, 0.2) is 12.4 Å². The molecule has 5 nitrogen and oxygen atoms in total. The zero-order valence-corrected chi connectivity index (χ0v) is 11.9. The number of imidazole rings is 1. The first-order valence-corrected chi connectivity index (χ1v) is 7.50. The molecule has 20 heavy (non-hydrogen) atoms. The molecule has 1 aromatic heterocycles. The van der Waals surface area contributed by atoms with Gasteiger partial charge in [0.1, 0.15) is 5.82 Å². The maximum Gasteiger partial charge on any atom is 0.236 e. The molecule has 2 amide bonds. The molecule has 1 spiro atoms. The minimum Gasteiger partial charge on any atom is -0.347 e. The number of carbonyl (C=O) groups excluding carboxylic acids is 2. The molecule has 1 aliphatic carbocycles. The van der Waals surface area contributed by atoms with Gasteiger partial charge in [-0.3, -0.25) is 14.5 Å². The van der Waals surface area contributed by atoms with E-state index in [0.29, 0.717) is 12.2 Å². The van der Waals surface area contributed by atoms with E-state index in [4.69, 9.17) is 0 Å². The van der Waals surface area contributed by atoms with Crippen molar-refractivity contribution in [2.75, 3.05) is 0 Å². The van der Waals surface area contributed by atoms with E-state index in [0.717, 1.165) is 25.7 Å². The Morgan fingerprint density at radius 2 is 1.95 bits per heavy atom. The monoisotopic (exact) mass is 275 g/mol. The maximum absolute atomic E-state index is 12.8. The Labute approximate surface area is 118 Å². The van der Waals surface area contributed by atoms with Crippen molar-refractivity contribution in [2.24, 2.45) is 5.41 Å². The lowest BCUT2D eigenvalue weighted by molar-refractivity contribution is -0.144. The number of likely N-dealkylation sites (tertiary alicyclic amines) is 1. The summed E-state index contributed by atoms with van der Waals surface area (Å²) in [5.41, 5.74) is -0.422. The quantitative estimate of drug-likeness (QED) is 0.844. The number of nitrogens with zero attached hydrogens (tertiary/aromatic N) is 2. The molecule has 1 saturated carbocycles. The molecule has 1 unspecified atom stereocenters. The largest absolute Gasteiger partial charge is 0.347 e. The molecule has 1 aromatic rings. The number of amides is 2. The summed E-state index contributed by atoms with van der Waals surface area (Å²) in [6, 6.07) is -0.298. The molecular formula is C15H21N3O2. The van der Waals surface area contributed by atoms with Crippen molar-refractivity contribution in [3.05, 3.63) is 18.2 Å². The van der Waals surface area contributed by atoms with Crippen LogP contribution in [0.2, 0.25) is 0 Å². The summed E-state index contributed by atoms with van der Waals surface area (Å²) < 4.78 is 0. The Kier molecular flexibility index (Phi) is 3.36. The van der Waals surface area contributed by atoms with E-state index in [1.165, 1.54) is 17.7 Å². The van der Waals surface area contributed by atoms with Crippen LogP contribution >= 0.6 is 0 Å². The van der Waals surface area contributed by atoms with Crippen LogP contribution in [0.4, 0.5) is 0 Å². The number of rotatable bonds is 2. The number of aromatic nitrogens is 2. The molecule has 1 atom stereocenters. The van der Waals surface area contributed by atoms with Crippen LogP contribution in [-0.2, 0) is 9.59 Å². The molecule has 2 fully saturated rings. The topological polar surface area (TPSA) is 66.1 Å². The summed E-state index contributed by atoms with van der Waals surface area (Å²) in [5.74, 6) is 0.659. The standard InChI is InChI=1S/C15H21N3O2/c1-11(13-16-8-9-17-13)18-12(19)10-15(14(18)20)6-4-2-3-5-7-15/h8-9,11H,2-7,10H2,1H3,(H,16,17). The second kappa shape index (κ2) is 5.04. The van der Waals surface area contributed by atoms with Gasteiger partial charge >= 0.3 is 0 Å². The third-order valence-corrected chi connectivity index (χ3v) is 4.79. The van der Waals surface area contributed by atoms with E-state index in [1.807, 2.05) is 6.92 Å². The highest BCUT2D eigenvalue weighted by Crippen LogP contribution is 2.46. The van der Waals surface area contributed by atoms with E-state index in [-0.39, 0.29) is 17.9 Å². The summed E-state index contributed by atoms with van der Waals surface area (Å²) in [7, 11) is 0. The maximum atomic E-state index is 12.8. The second-order valence-corrected chi connectivity index (χ2v) is 6.09. The van der Waals surface area contributed by atoms with Gasteiger partial charge < -0.3 is 4.98 Å². The van der Waals surface area contributed by atoms with Gasteiger partial charge in [-0.15, -0.1) is 0 Å². The van der Waals surface area contributed by atoms with Crippen molar-refractivity contribution in [3.63, 3.8) is 0 Å². The second-order valence-electron chi connectivity index (χ2n) is 6.09. The van der Waals surface area contributed by atoms with Gasteiger partial charge in [0.2, 0.25) is 11.8 Å². The number of nitrogens with one attached hydrogen (secondary N) is 1. The SMILES string of the molecule is CC(c1ncc[nH]1)N1C(=O)CC2(CCCCCC2)C1=O. The molecule has 0 aromatic carbocycles. The lowest BCUT2D eigenvalue weighted by Gasteiger charge is -2.27. The molecule has 1 N–H and O–H groups in total. The van der Waals surface area contributed by atoms with Crippen molar-refractivity contribution in [3.8, 4) is 0 Å². The van der Waals surface area contributed by atoms with Crippen molar-refractivity contribution >= 4 is 11.8 Å². The van der Waals surface area contributed by atoms with E-state index < -0.39 is 5.41 Å². The molecule has 2 heterocycles. The number of hydrogen-bond acceptors (Lipinski definition) is 3. The molecule has 108 valence electrons. The Hall–Kier alpha value is -1.65. The lowest BCUT2D eigenvalue weighted by atomic mass is 9.79. The van der Waals surface area contributed by atoms with E-state index in [9.17, 15) is 9.59 Å². The molecule has 3 rings (SSSR count). The highest BCUT2D eigenvalue weighted by molar-refractivity contribution is 6.06. The average molecular weight is 275 g/mol. The summed E-state index contributed by atoms with van der Waals surface area (Å²) in [4.78, 5) is 33.8. The predicted octanol–water partition coefficient (Wildman–Crippen LogP) is 2.57. The third-order valence-electron chi connectivity index (χ3n) is 4.79. The molecule has 1 saturated heterocycles. The van der Waals surface area contributed by atoms with Crippen LogP contribution in [-0.4, -0.2) is 26.7 Å². The first kappa shape index (κ1) is 13.3. The number of aromatic amines is 1. The predicted molar refractivity (Wildman–Crippen MR) is 73.6 cm³/mol. The zero-order chi connectivity index (χ0) is 14.2. The smallest absolute Gasteiger partial charge is 0.236 e. The fraction of sp³-hybridized carbons (Fsp3) is 0.667. The third kappa shape index (κ3) is 2.05. The Bertz CT molecular complexity index is 501. The van der Waals surface area contributed by atoms with Gasteiger partial charge in [0.25, 0.3) is 0 Å². The van der Waals surface area contributed by atoms with Gasteiger partial charge in [-0.2, -0.15) is 0 Å². The highest BCUT2D eigenvalue weighted by atomic mass is 16.2. The van der Waals surface area contributed by atoms with Crippen LogP contribution in [0, 0.1) is 5.41 Å². The van der Waals surface area contributed by atoms with Gasteiger partial charge in [0.15, 0.2) is 0 Å². The summed E-state index contributed by atoms with van der Waals surface area (Å²) in [6.45, 7) is 1.87. The van der Waals surface area contributed by atoms with E-state index in [2.05, 4.69) is 9.97 Å². The number of H-pyrrole nitrogens is 1. The highest BCUT2D eigenvalue weighted by Gasteiger charge is 2.52. The van der Waals surface area contributed by atoms with Crippen LogP contribution < -0.4 is 0 Å². The molecule has 5 heteroatoms. The van der Waals surface area contributed by atoms with Crippen LogP contribution in [0.25, 0.3) is 0 Å². The fourth-order valence-electron chi connectivity index (χ4n) is 3.64. The van der Waals surface area contributed by atoms with E-state index >= 15 is 0 Å². The fourth-order valence-corrected chi connectivity index (χ4v) is 3.64. The first-order valence-electron chi connectivity index (χ1n) is 7.50. The van der Waals surface area contributed by atoms with E-state index in [1.54, 1.807) is 12.4 Å². The minimum atomic E-state index is -0.422. The number of imide groups is 1. The van der Waals surface area contributed by atoms with Crippen molar-refractivity contribution in [2.45, 2.75) is 57.9 Å². The van der Waals surface area contributed by atoms with Gasteiger partial charge in [-0.25, -0.2) is 4.98 Å². The Morgan fingerprint density at radius 3 is 2.55 bits per heavy atom. The van der Waals surface area contributed by atoms with Crippen molar-refractivity contribution in [1.29, 1.82) is 0 Å². The van der Waals surface area contributed by atoms with Crippen molar-refractivity contribution < 1.29 is 9.59 Å². The first-order chi connectivity index (χ1) is 9.64. The molecular weight excluding hydrogens is 254 g/mol. The number of hydrogen-bond donors (Lipinski definition) is 1. The zero-order valence-electron chi connectivity index (χ0n) is 11.9. The minimum absolute atomic E-state index is 0.0216. The van der Waals surface area contributed by atoms with Gasteiger partial charge in [0, 0.05) is 18.8 Å². The van der Waals surface area contributed by atoms with Crippen LogP contribution in [0.3, 0.4) is 0 Å². The van der Waals surface area contributed by atoms with Gasteiger partial charge in [-0.05, 0) is 19.8 Å². The average Bonchev–Trinajstić information content (AvgIpc) is 2.95. The van der Waals surface area contributed by atoms with Gasteiger partial charge in [-0.1, -0.05) is 25.7 Å². The van der Waals surface area contributed by atoms with Crippen molar-refractivity contribution in [1.82, 2.24) is 14.9 Å². The normalized spacial score (nSPS) is 24.1.